The monoisotopic (exact) mass is 318 g/mol. The highest BCUT2D eigenvalue weighted by molar-refractivity contribution is 5.68. The Bertz CT molecular complexity index is 522. The van der Waals surface area contributed by atoms with E-state index in [1.807, 2.05) is 27.7 Å². The van der Waals surface area contributed by atoms with Crippen LogP contribution in [-0.2, 0) is 11.2 Å². The second-order valence-corrected chi connectivity index (χ2v) is 7.43. The number of nitrogens with one attached hydrogen (secondary N) is 2. The molecular formula is C19H30N2O2. The summed E-state index contributed by atoms with van der Waals surface area (Å²) in [6.07, 6.45) is 4.15. The molecule has 23 heavy (non-hydrogen) atoms. The number of carbonyl (C=O) groups is 1. The zero-order chi connectivity index (χ0) is 16.9. The van der Waals surface area contributed by atoms with E-state index in [2.05, 4.69) is 34.9 Å². The molecule has 2 rings (SSSR count). The van der Waals surface area contributed by atoms with Gasteiger partial charge in [-0.1, -0.05) is 24.3 Å². The molecule has 0 bridgehead atoms. The van der Waals surface area contributed by atoms with E-state index in [1.54, 1.807) is 0 Å². The van der Waals surface area contributed by atoms with E-state index in [0.717, 1.165) is 13.0 Å². The fourth-order valence-electron chi connectivity index (χ4n) is 3.02. The van der Waals surface area contributed by atoms with E-state index in [-0.39, 0.29) is 12.1 Å². The molecule has 1 aromatic carbocycles. The van der Waals surface area contributed by atoms with E-state index in [4.69, 9.17) is 4.74 Å². The van der Waals surface area contributed by atoms with Crippen LogP contribution in [0.3, 0.4) is 0 Å². The molecule has 2 atom stereocenters. The second-order valence-electron chi connectivity index (χ2n) is 7.43. The first-order valence-corrected chi connectivity index (χ1v) is 8.66. The van der Waals surface area contributed by atoms with Crippen LogP contribution in [0.2, 0.25) is 0 Å². The Morgan fingerprint density at radius 2 is 2.09 bits per heavy atom. The predicted octanol–water partition coefficient (Wildman–Crippen LogP) is 3.96. The number of benzene rings is 1. The van der Waals surface area contributed by atoms with Crippen LogP contribution in [0.1, 0.15) is 64.1 Å². The third-order valence-corrected chi connectivity index (χ3v) is 4.10. The molecule has 1 aliphatic rings. The van der Waals surface area contributed by atoms with Gasteiger partial charge in [0.05, 0.1) is 0 Å². The number of aryl methyl sites for hydroxylation is 1. The quantitative estimate of drug-likeness (QED) is 0.864. The molecule has 1 amide bonds. The number of rotatable bonds is 5. The highest BCUT2D eigenvalue weighted by Crippen LogP contribution is 2.29. The van der Waals surface area contributed by atoms with Gasteiger partial charge in [-0.05, 0) is 71.0 Å². The van der Waals surface area contributed by atoms with Crippen molar-refractivity contribution < 1.29 is 9.53 Å². The van der Waals surface area contributed by atoms with E-state index in [0.29, 0.717) is 6.04 Å². The Kier molecular flexibility index (Phi) is 6.05. The van der Waals surface area contributed by atoms with Crippen molar-refractivity contribution in [3.05, 3.63) is 35.4 Å². The van der Waals surface area contributed by atoms with Crippen molar-refractivity contribution in [1.82, 2.24) is 10.6 Å². The molecule has 1 aromatic rings. The summed E-state index contributed by atoms with van der Waals surface area (Å²) >= 11 is 0. The molecule has 4 heteroatoms. The molecule has 1 aliphatic carbocycles. The van der Waals surface area contributed by atoms with Crippen LogP contribution < -0.4 is 10.6 Å². The smallest absolute Gasteiger partial charge is 0.407 e. The second kappa shape index (κ2) is 7.82. The van der Waals surface area contributed by atoms with Gasteiger partial charge in [0.25, 0.3) is 0 Å². The third-order valence-electron chi connectivity index (χ3n) is 4.10. The molecule has 0 radical (unpaired) electrons. The van der Waals surface area contributed by atoms with Crippen LogP contribution in [0.5, 0.6) is 0 Å². The highest BCUT2D eigenvalue weighted by atomic mass is 16.6. The zero-order valence-corrected chi connectivity index (χ0v) is 14.8. The zero-order valence-electron chi connectivity index (χ0n) is 14.8. The molecule has 128 valence electrons. The SMILES string of the molecule is CC(CCNC1CCCc2ccccc21)NC(=O)OC(C)(C)C. The number of ether oxygens (including phenoxy) is 1. The molecule has 4 nitrogen and oxygen atoms in total. The topological polar surface area (TPSA) is 50.4 Å². The van der Waals surface area contributed by atoms with Crippen LogP contribution in [0.4, 0.5) is 4.79 Å². The van der Waals surface area contributed by atoms with Crippen molar-refractivity contribution in [2.24, 2.45) is 0 Å². The summed E-state index contributed by atoms with van der Waals surface area (Å²) < 4.78 is 5.28. The molecule has 0 saturated carbocycles. The minimum atomic E-state index is -0.451. The maximum Gasteiger partial charge on any atom is 0.407 e. The minimum Gasteiger partial charge on any atom is -0.444 e. The molecule has 2 N–H and O–H groups in total. The van der Waals surface area contributed by atoms with Crippen LogP contribution in [0, 0.1) is 0 Å². The fraction of sp³-hybridized carbons (Fsp3) is 0.632. The Balaban J connectivity index is 1.74. The maximum absolute atomic E-state index is 11.7. The summed E-state index contributed by atoms with van der Waals surface area (Å²) in [5.74, 6) is 0. The summed E-state index contributed by atoms with van der Waals surface area (Å²) in [6, 6.07) is 9.23. The number of alkyl carbamates (subject to hydrolysis) is 1. The van der Waals surface area contributed by atoms with Crippen molar-refractivity contribution in [2.45, 2.75) is 71.1 Å². The van der Waals surface area contributed by atoms with Crippen molar-refractivity contribution >= 4 is 6.09 Å². The van der Waals surface area contributed by atoms with Gasteiger partial charge in [0.1, 0.15) is 5.60 Å². The summed E-state index contributed by atoms with van der Waals surface area (Å²) in [6.45, 7) is 8.52. The lowest BCUT2D eigenvalue weighted by Crippen LogP contribution is -2.39. The van der Waals surface area contributed by atoms with E-state index in [9.17, 15) is 4.79 Å². The van der Waals surface area contributed by atoms with Crippen molar-refractivity contribution in [2.75, 3.05) is 6.54 Å². The molecule has 0 aliphatic heterocycles. The van der Waals surface area contributed by atoms with Gasteiger partial charge >= 0.3 is 6.09 Å². The first-order valence-electron chi connectivity index (χ1n) is 8.66. The Hall–Kier alpha value is -1.55. The van der Waals surface area contributed by atoms with Gasteiger partial charge in [0, 0.05) is 12.1 Å². The molecule has 0 spiro atoms. The van der Waals surface area contributed by atoms with Crippen LogP contribution >= 0.6 is 0 Å². The molecule has 0 heterocycles. The Labute approximate surface area is 140 Å². The largest absolute Gasteiger partial charge is 0.444 e. The van der Waals surface area contributed by atoms with Gasteiger partial charge in [0.2, 0.25) is 0 Å². The summed E-state index contributed by atoms with van der Waals surface area (Å²) in [5, 5.41) is 6.53. The maximum atomic E-state index is 11.7. The fourth-order valence-corrected chi connectivity index (χ4v) is 3.02. The van der Waals surface area contributed by atoms with E-state index in [1.165, 1.54) is 30.4 Å². The van der Waals surface area contributed by atoms with Gasteiger partial charge in [-0.15, -0.1) is 0 Å². The Morgan fingerprint density at radius 3 is 2.83 bits per heavy atom. The molecule has 2 unspecified atom stereocenters. The van der Waals surface area contributed by atoms with Gasteiger partial charge in [-0.2, -0.15) is 0 Å². The van der Waals surface area contributed by atoms with E-state index >= 15 is 0 Å². The summed E-state index contributed by atoms with van der Waals surface area (Å²) in [4.78, 5) is 11.7. The molecule has 0 aromatic heterocycles. The number of amides is 1. The summed E-state index contributed by atoms with van der Waals surface area (Å²) in [7, 11) is 0. The third kappa shape index (κ3) is 5.87. The number of hydrogen-bond donors (Lipinski definition) is 2. The summed E-state index contributed by atoms with van der Waals surface area (Å²) in [5.41, 5.74) is 2.45. The Morgan fingerprint density at radius 1 is 1.35 bits per heavy atom. The molecule has 0 fully saturated rings. The van der Waals surface area contributed by atoms with Gasteiger partial charge in [-0.25, -0.2) is 4.79 Å². The number of hydrogen-bond acceptors (Lipinski definition) is 3. The first kappa shape index (κ1) is 17.8. The highest BCUT2D eigenvalue weighted by Gasteiger charge is 2.20. The lowest BCUT2D eigenvalue weighted by Gasteiger charge is -2.27. The van der Waals surface area contributed by atoms with E-state index < -0.39 is 5.60 Å². The minimum absolute atomic E-state index is 0.0937. The number of carbonyl (C=O) groups excluding carboxylic acids is 1. The standard InChI is InChI=1S/C19H30N2O2/c1-14(21-18(22)23-19(2,3)4)12-13-20-17-11-7-9-15-8-5-6-10-16(15)17/h5-6,8,10,14,17,20H,7,9,11-13H2,1-4H3,(H,21,22). The predicted molar refractivity (Wildman–Crippen MR) is 93.6 cm³/mol. The van der Waals surface area contributed by atoms with Crippen LogP contribution in [-0.4, -0.2) is 24.3 Å². The van der Waals surface area contributed by atoms with Gasteiger partial charge in [0.15, 0.2) is 0 Å². The first-order chi connectivity index (χ1) is 10.8. The lowest BCUT2D eigenvalue weighted by molar-refractivity contribution is 0.0506. The van der Waals surface area contributed by atoms with Gasteiger partial charge < -0.3 is 15.4 Å². The lowest BCUT2D eigenvalue weighted by atomic mass is 9.88. The van der Waals surface area contributed by atoms with Crippen molar-refractivity contribution in [3.63, 3.8) is 0 Å². The number of fused-ring (bicyclic) bond motifs is 1. The van der Waals surface area contributed by atoms with Crippen LogP contribution in [0.25, 0.3) is 0 Å². The molecule has 0 saturated heterocycles. The average Bonchev–Trinajstić information content (AvgIpc) is 2.45. The van der Waals surface area contributed by atoms with Crippen LogP contribution in [0.15, 0.2) is 24.3 Å². The average molecular weight is 318 g/mol. The van der Waals surface area contributed by atoms with Gasteiger partial charge in [-0.3, -0.25) is 0 Å². The van der Waals surface area contributed by atoms with Crippen molar-refractivity contribution in [3.8, 4) is 0 Å². The van der Waals surface area contributed by atoms with Crippen molar-refractivity contribution in [1.29, 1.82) is 0 Å². The normalized spacial score (nSPS) is 18.9. The molecular weight excluding hydrogens is 288 g/mol.